The van der Waals surface area contributed by atoms with Crippen molar-refractivity contribution in [1.82, 2.24) is 30.4 Å². The Hall–Kier alpha value is -2.70. The lowest BCUT2D eigenvalue weighted by Gasteiger charge is -2.48. The van der Waals surface area contributed by atoms with Gasteiger partial charge in [-0.05, 0) is 43.4 Å². The van der Waals surface area contributed by atoms with Crippen LogP contribution in [0.4, 0.5) is 11.6 Å². The summed E-state index contributed by atoms with van der Waals surface area (Å²) < 4.78 is 0. The predicted octanol–water partition coefficient (Wildman–Crippen LogP) is 2.72. The van der Waals surface area contributed by atoms with E-state index in [4.69, 9.17) is 34.0 Å². The summed E-state index contributed by atoms with van der Waals surface area (Å²) >= 11 is 12.7. The van der Waals surface area contributed by atoms with Crippen molar-refractivity contribution in [3.05, 3.63) is 45.7 Å². The van der Waals surface area contributed by atoms with Crippen LogP contribution in [-0.2, 0) is 4.79 Å². The Morgan fingerprint density at radius 3 is 2.43 bits per heavy atom. The fourth-order valence-electron chi connectivity index (χ4n) is 6.11. The Morgan fingerprint density at radius 2 is 1.79 bits per heavy atom. The van der Waals surface area contributed by atoms with E-state index in [0.29, 0.717) is 24.4 Å². The van der Waals surface area contributed by atoms with Crippen LogP contribution in [0.2, 0.25) is 10.2 Å². The number of aliphatic hydroxyl groups excluding tert-OH is 1. The van der Waals surface area contributed by atoms with E-state index in [1.807, 2.05) is 12.1 Å². The summed E-state index contributed by atoms with van der Waals surface area (Å²) in [5.74, 6) is -0.0199. The number of nitrogens with two attached hydrogens (primary N) is 1. The first-order valence-electron chi connectivity index (χ1n) is 14.7. The van der Waals surface area contributed by atoms with E-state index in [9.17, 15) is 9.59 Å². The molecule has 5 N–H and O–H groups in total. The van der Waals surface area contributed by atoms with Gasteiger partial charge in [-0.25, -0.2) is 9.97 Å². The van der Waals surface area contributed by atoms with Gasteiger partial charge in [0.1, 0.15) is 0 Å². The molecular formula is C29H42Cl2N8O3. The number of carbonyl (C=O) groups is 2. The van der Waals surface area contributed by atoms with E-state index in [1.165, 1.54) is 5.56 Å². The first-order valence-corrected chi connectivity index (χ1v) is 15.4. The summed E-state index contributed by atoms with van der Waals surface area (Å²) in [5.41, 5.74) is 7.27. The second kappa shape index (κ2) is 15.2. The second-order valence-electron chi connectivity index (χ2n) is 10.9. The Morgan fingerprint density at radius 1 is 1.07 bits per heavy atom. The molecule has 0 saturated carbocycles. The number of rotatable bonds is 11. The lowest BCUT2D eigenvalue weighted by atomic mass is 9.94. The van der Waals surface area contributed by atoms with Gasteiger partial charge in [-0.1, -0.05) is 42.3 Å². The summed E-state index contributed by atoms with van der Waals surface area (Å²) in [6, 6.07) is 9.05. The summed E-state index contributed by atoms with van der Waals surface area (Å²) in [5, 5.41) is 15.3. The highest BCUT2D eigenvalue weighted by atomic mass is 35.5. The number of nitrogen functional groups attached to an aromatic ring is 1. The molecule has 3 heterocycles. The van der Waals surface area contributed by atoms with Crippen LogP contribution in [0.1, 0.15) is 61.6 Å². The molecule has 2 aliphatic heterocycles. The number of halogens is 2. The molecule has 2 aromatic rings. The van der Waals surface area contributed by atoms with Crippen LogP contribution >= 0.6 is 23.2 Å². The molecule has 1 unspecified atom stereocenters. The van der Waals surface area contributed by atoms with Gasteiger partial charge in [0, 0.05) is 75.9 Å². The predicted molar refractivity (Wildman–Crippen MR) is 166 cm³/mol. The lowest BCUT2D eigenvalue weighted by Crippen LogP contribution is -2.58. The molecule has 0 bridgehead atoms. The number of anilines is 2. The molecule has 2 amide bonds. The van der Waals surface area contributed by atoms with Gasteiger partial charge < -0.3 is 26.4 Å². The van der Waals surface area contributed by atoms with Crippen molar-refractivity contribution in [2.45, 2.75) is 57.7 Å². The average Bonchev–Trinajstić information content (AvgIpc) is 2.99. The molecule has 2 fully saturated rings. The molecule has 4 rings (SSSR count). The zero-order chi connectivity index (χ0) is 30.2. The maximum atomic E-state index is 12.3. The number of likely N-dealkylation sites (tertiary alicyclic amines) is 1. The van der Waals surface area contributed by atoms with E-state index in [0.717, 1.165) is 63.4 Å². The van der Waals surface area contributed by atoms with Gasteiger partial charge in [0.2, 0.25) is 5.91 Å². The number of piperidine rings is 1. The number of hydrogen-bond acceptors (Lipinski definition) is 9. The lowest BCUT2D eigenvalue weighted by molar-refractivity contribution is -0.119. The Balaban J connectivity index is 1.39. The van der Waals surface area contributed by atoms with E-state index in [1.54, 1.807) is 6.92 Å². The zero-order valence-electron chi connectivity index (χ0n) is 24.4. The van der Waals surface area contributed by atoms with Gasteiger partial charge >= 0.3 is 0 Å². The fourth-order valence-corrected chi connectivity index (χ4v) is 6.48. The SMILES string of the molecule is CC[C@H]1CN(c2nc(N)c(C(=O)NCCO)nc2Cl)CCN1C1CCN(C(CCNC(C)=O)c2ccc(Cl)cc2)CC1. The van der Waals surface area contributed by atoms with Crippen molar-refractivity contribution in [3.63, 3.8) is 0 Å². The van der Waals surface area contributed by atoms with Gasteiger partial charge in [-0.15, -0.1) is 0 Å². The van der Waals surface area contributed by atoms with Crippen LogP contribution in [-0.4, -0.2) is 101 Å². The Labute approximate surface area is 257 Å². The molecular weight excluding hydrogens is 579 g/mol. The van der Waals surface area contributed by atoms with Crippen LogP contribution in [0, 0.1) is 0 Å². The van der Waals surface area contributed by atoms with Crippen molar-refractivity contribution < 1.29 is 14.7 Å². The van der Waals surface area contributed by atoms with Crippen LogP contribution in [0.5, 0.6) is 0 Å². The molecule has 2 saturated heterocycles. The van der Waals surface area contributed by atoms with Crippen LogP contribution < -0.4 is 21.3 Å². The van der Waals surface area contributed by atoms with E-state index in [-0.39, 0.29) is 41.8 Å². The summed E-state index contributed by atoms with van der Waals surface area (Å²) in [6.07, 6.45) is 3.94. The summed E-state index contributed by atoms with van der Waals surface area (Å²) in [6.45, 7) is 8.57. The summed E-state index contributed by atoms with van der Waals surface area (Å²) in [7, 11) is 0. The third-order valence-corrected chi connectivity index (χ3v) is 8.74. The standard InChI is InChI=1S/C29H42Cl2N8O3/c1-3-22-18-38(28-26(31)35-25(27(32)36-28)29(42)34-12-17-40)15-16-39(22)23-9-13-37(14-10-23)24(8-11-33-19(2)41)20-4-6-21(30)7-5-20/h4-7,22-24,40H,3,8-18H2,1-2H3,(H2,32,36)(H,33,41)(H,34,42)/t22-,24?/m0/s1. The molecule has 0 spiro atoms. The van der Waals surface area contributed by atoms with Crippen LogP contribution in [0.25, 0.3) is 0 Å². The molecule has 11 nitrogen and oxygen atoms in total. The van der Waals surface area contributed by atoms with Crippen molar-refractivity contribution in [1.29, 1.82) is 0 Å². The second-order valence-corrected chi connectivity index (χ2v) is 11.7. The number of nitrogens with zero attached hydrogens (tertiary/aromatic N) is 5. The minimum atomic E-state index is -0.515. The van der Waals surface area contributed by atoms with Crippen molar-refractivity contribution >= 4 is 46.7 Å². The van der Waals surface area contributed by atoms with Gasteiger partial charge in [0.15, 0.2) is 22.5 Å². The first-order chi connectivity index (χ1) is 20.2. The number of piperazine rings is 1. The third-order valence-electron chi connectivity index (χ3n) is 8.23. The fraction of sp³-hybridized carbons (Fsp3) is 0.586. The first kappa shape index (κ1) is 32.2. The van der Waals surface area contributed by atoms with Crippen LogP contribution in [0.3, 0.4) is 0 Å². The van der Waals surface area contributed by atoms with Crippen molar-refractivity contribution in [3.8, 4) is 0 Å². The molecule has 2 atom stereocenters. The molecule has 42 heavy (non-hydrogen) atoms. The van der Waals surface area contributed by atoms with Crippen molar-refractivity contribution in [2.24, 2.45) is 0 Å². The molecule has 0 radical (unpaired) electrons. The minimum absolute atomic E-state index is 0.0113. The maximum absolute atomic E-state index is 12.3. The topological polar surface area (TPSA) is 140 Å². The number of nitrogens with one attached hydrogen (secondary N) is 2. The maximum Gasteiger partial charge on any atom is 0.273 e. The monoisotopic (exact) mass is 620 g/mol. The molecule has 1 aromatic heterocycles. The molecule has 1 aromatic carbocycles. The molecule has 13 heteroatoms. The van der Waals surface area contributed by atoms with Gasteiger partial charge in [-0.3, -0.25) is 19.4 Å². The highest BCUT2D eigenvalue weighted by molar-refractivity contribution is 6.32. The van der Waals surface area contributed by atoms with Crippen LogP contribution in [0.15, 0.2) is 24.3 Å². The molecule has 2 aliphatic rings. The number of benzene rings is 1. The summed E-state index contributed by atoms with van der Waals surface area (Å²) in [4.78, 5) is 39.8. The number of amides is 2. The largest absolute Gasteiger partial charge is 0.395 e. The Kier molecular flexibility index (Phi) is 11.6. The number of aliphatic hydroxyl groups is 1. The van der Waals surface area contributed by atoms with Crippen molar-refractivity contribution in [2.75, 3.05) is 63.1 Å². The molecule has 0 aliphatic carbocycles. The number of hydrogen-bond donors (Lipinski definition) is 4. The van der Waals surface area contributed by atoms with E-state index in [2.05, 4.69) is 54.4 Å². The van der Waals surface area contributed by atoms with Gasteiger partial charge in [0.05, 0.1) is 6.61 Å². The van der Waals surface area contributed by atoms with Gasteiger partial charge in [-0.2, -0.15) is 0 Å². The third kappa shape index (κ3) is 8.02. The quantitative estimate of drug-likeness (QED) is 0.298. The normalized spacial score (nSPS) is 19.5. The smallest absolute Gasteiger partial charge is 0.273 e. The van der Waals surface area contributed by atoms with E-state index >= 15 is 0 Å². The van der Waals surface area contributed by atoms with E-state index < -0.39 is 5.91 Å². The minimum Gasteiger partial charge on any atom is -0.395 e. The highest BCUT2D eigenvalue weighted by Gasteiger charge is 2.36. The number of aromatic nitrogens is 2. The number of carbonyl (C=O) groups excluding carboxylic acids is 2. The Bertz CT molecular complexity index is 1210. The molecule has 230 valence electrons. The highest BCUT2D eigenvalue weighted by Crippen LogP contribution is 2.33. The zero-order valence-corrected chi connectivity index (χ0v) is 25.9. The van der Waals surface area contributed by atoms with Gasteiger partial charge in [0.25, 0.3) is 5.91 Å². The average molecular weight is 622 g/mol.